The van der Waals surface area contributed by atoms with Gasteiger partial charge in [0.05, 0.1) is 12.1 Å². The molecule has 1 saturated heterocycles. The number of aryl methyl sites for hydroxylation is 1. The lowest BCUT2D eigenvalue weighted by Crippen LogP contribution is -2.35. The van der Waals surface area contributed by atoms with Gasteiger partial charge in [0.1, 0.15) is 0 Å². The lowest BCUT2D eigenvalue weighted by molar-refractivity contribution is -0.117. The Hall–Kier alpha value is -1.39. The minimum atomic E-state index is -0.582. The summed E-state index contributed by atoms with van der Waals surface area (Å²) in [4.78, 5) is 14.2. The largest absolute Gasteiger partial charge is 0.390 e. The van der Waals surface area contributed by atoms with Gasteiger partial charge in [-0.2, -0.15) is 0 Å². The van der Waals surface area contributed by atoms with Crippen molar-refractivity contribution >= 4 is 11.6 Å². The number of rotatable bonds is 4. The van der Waals surface area contributed by atoms with Gasteiger partial charge in [0.15, 0.2) is 0 Å². The molecule has 1 unspecified atom stereocenters. The Labute approximate surface area is 127 Å². The van der Waals surface area contributed by atoms with E-state index < -0.39 is 5.60 Å². The van der Waals surface area contributed by atoms with Gasteiger partial charge in [0.2, 0.25) is 5.91 Å². The highest BCUT2D eigenvalue weighted by Crippen LogP contribution is 2.21. The highest BCUT2D eigenvalue weighted by atomic mass is 16.3. The molecule has 1 amide bonds. The average molecular weight is 290 g/mol. The first kappa shape index (κ1) is 16.0. The molecule has 1 heterocycles. The Morgan fingerprint density at radius 3 is 2.67 bits per heavy atom. The van der Waals surface area contributed by atoms with Crippen molar-refractivity contribution in [3.63, 3.8) is 0 Å². The molecule has 1 atom stereocenters. The standard InChI is InChI=1S/C17H26N2O2/c1-3-14-5-7-15(8-6-14)18-16(20)13-19-11-4-9-17(2,21)10-12-19/h5-8,21H,3-4,9-13H2,1-2H3,(H,18,20). The number of benzene rings is 1. The lowest BCUT2D eigenvalue weighted by atomic mass is 9.98. The maximum absolute atomic E-state index is 12.1. The minimum absolute atomic E-state index is 0.0146. The number of anilines is 1. The Bertz CT molecular complexity index is 468. The lowest BCUT2D eigenvalue weighted by Gasteiger charge is -2.22. The molecule has 1 aromatic rings. The van der Waals surface area contributed by atoms with Crippen LogP contribution in [-0.4, -0.2) is 41.1 Å². The van der Waals surface area contributed by atoms with E-state index in [4.69, 9.17) is 0 Å². The van der Waals surface area contributed by atoms with Crippen LogP contribution in [0.25, 0.3) is 0 Å². The topological polar surface area (TPSA) is 52.6 Å². The molecule has 0 aliphatic carbocycles. The molecule has 0 aromatic heterocycles. The van der Waals surface area contributed by atoms with E-state index in [1.165, 1.54) is 5.56 Å². The van der Waals surface area contributed by atoms with Crippen LogP contribution in [0, 0.1) is 0 Å². The van der Waals surface area contributed by atoms with E-state index in [-0.39, 0.29) is 5.91 Å². The zero-order valence-electron chi connectivity index (χ0n) is 13.1. The van der Waals surface area contributed by atoms with Gasteiger partial charge in [-0.1, -0.05) is 19.1 Å². The van der Waals surface area contributed by atoms with Crippen molar-refractivity contribution in [3.05, 3.63) is 29.8 Å². The van der Waals surface area contributed by atoms with Gasteiger partial charge >= 0.3 is 0 Å². The molecule has 2 N–H and O–H groups in total. The molecule has 0 saturated carbocycles. The van der Waals surface area contributed by atoms with E-state index in [9.17, 15) is 9.90 Å². The summed E-state index contributed by atoms with van der Waals surface area (Å²) in [7, 11) is 0. The second kappa shape index (κ2) is 7.05. The molecule has 116 valence electrons. The maximum Gasteiger partial charge on any atom is 0.238 e. The SMILES string of the molecule is CCc1ccc(NC(=O)CN2CCCC(C)(O)CC2)cc1. The van der Waals surface area contributed by atoms with Crippen molar-refractivity contribution in [2.75, 3.05) is 25.0 Å². The van der Waals surface area contributed by atoms with Gasteiger partial charge in [0, 0.05) is 12.2 Å². The highest BCUT2D eigenvalue weighted by molar-refractivity contribution is 5.92. The Balaban J connectivity index is 1.83. The number of carbonyl (C=O) groups is 1. The van der Waals surface area contributed by atoms with Crippen LogP contribution in [0.3, 0.4) is 0 Å². The van der Waals surface area contributed by atoms with Crippen LogP contribution in [0.15, 0.2) is 24.3 Å². The number of likely N-dealkylation sites (tertiary alicyclic amines) is 1. The van der Waals surface area contributed by atoms with Crippen LogP contribution in [0.4, 0.5) is 5.69 Å². The molecule has 21 heavy (non-hydrogen) atoms. The summed E-state index contributed by atoms with van der Waals surface area (Å²) in [5.74, 6) is 0.0146. The monoisotopic (exact) mass is 290 g/mol. The first-order chi connectivity index (χ1) is 9.98. The zero-order chi connectivity index (χ0) is 15.3. The van der Waals surface area contributed by atoms with Crippen molar-refractivity contribution < 1.29 is 9.90 Å². The minimum Gasteiger partial charge on any atom is -0.390 e. The van der Waals surface area contributed by atoms with Crippen LogP contribution < -0.4 is 5.32 Å². The zero-order valence-corrected chi connectivity index (χ0v) is 13.1. The second-order valence-electron chi connectivity index (χ2n) is 6.23. The number of nitrogens with zero attached hydrogens (tertiary/aromatic N) is 1. The smallest absolute Gasteiger partial charge is 0.238 e. The summed E-state index contributed by atoms with van der Waals surface area (Å²) in [6.07, 6.45) is 3.47. The highest BCUT2D eigenvalue weighted by Gasteiger charge is 2.25. The van der Waals surface area contributed by atoms with E-state index in [1.54, 1.807) is 0 Å². The molecule has 0 spiro atoms. The number of amides is 1. The summed E-state index contributed by atoms with van der Waals surface area (Å²) in [6.45, 7) is 6.03. The van der Waals surface area contributed by atoms with Crippen molar-refractivity contribution in [3.8, 4) is 0 Å². The summed E-state index contributed by atoms with van der Waals surface area (Å²) in [5.41, 5.74) is 1.53. The van der Waals surface area contributed by atoms with E-state index in [2.05, 4.69) is 17.1 Å². The summed E-state index contributed by atoms with van der Waals surface area (Å²) >= 11 is 0. The van der Waals surface area contributed by atoms with Gasteiger partial charge < -0.3 is 10.4 Å². The van der Waals surface area contributed by atoms with E-state index in [0.717, 1.165) is 44.5 Å². The molecular weight excluding hydrogens is 264 g/mol. The quantitative estimate of drug-likeness (QED) is 0.895. The molecule has 1 aliphatic heterocycles. The molecular formula is C17H26N2O2. The first-order valence-corrected chi connectivity index (χ1v) is 7.82. The Morgan fingerprint density at radius 1 is 1.29 bits per heavy atom. The summed E-state index contributed by atoms with van der Waals surface area (Å²) in [6, 6.07) is 7.98. The third-order valence-electron chi connectivity index (χ3n) is 4.17. The fourth-order valence-electron chi connectivity index (χ4n) is 2.70. The van der Waals surface area contributed by atoms with Crippen LogP contribution in [0.2, 0.25) is 0 Å². The number of carbonyl (C=O) groups excluding carboxylic acids is 1. The predicted molar refractivity (Wildman–Crippen MR) is 85.4 cm³/mol. The van der Waals surface area contributed by atoms with Crippen LogP contribution >= 0.6 is 0 Å². The number of hydrogen-bond donors (Lipinski definition) is 2. The fraction of sp³-hybridized carbons (Fsp3) is 0.588. The van der Waals surface area contributed by atoms with Gasteiger partial charge in [-0.3, -0.25) is 9.69 Å². The van der Waals surface area contributed by atoms with Gasteiger partial charge in [0.25, 0.3) is 0 Å². The van der Waals surface area contributed by atoms with Crippen LogP contribution in [0.5, 0.6) is 0 Å². The predicted octanol–water partition coefficient (Wildman–Crippen LogP) is 2.42. The Morgan fingerprint density at radius 2 is 2.00 bits per heavy atom. The molecule has 1 fully saturated rings. The van der Waals surface area contributed by atoms with Gasteiger partial charge in [-0.25, -0.2) is 0 Å². The van der Waals surface area contributed by atoms with Crippen molar-refractivity contribution in [2.24, 2.45) is 0 Å². The Kier molecular flexibility index (Phi) is 5.37. The molecule has 4 heteroatoms. The number of nitrogens with one attached hydrogen (secondary N) is 1. The normalized spacial score (nSPS) is 23.6. The fourth-order valence-corrected chi connectivity index (χ4v) is 2.70. The number of hydrogen-bond acceptors (Lipinski definition) is 3. The number of aliphatic hydroxyl groups is 1. The third-order valence-corrected chi connectivity index (χ3v) is 4.17. The third kappa shape index (κ3) is 5.14. The van der Waals surface area contributed by atoms with E-state index >= 15 is 0 Å². The summed E-state index contributed by atoms with van der Waals surface area (Å²) in [5, 5.41) is 13.0. The molecule has 0 bridgehead atoms. The summed E-state index contributed by atoms with van der Waals surface area (Å²) < 4.78 is 0. The molecule has 4 nitrogen and oxygen atoms in total. The molecule has 0 radical (unpaired) electrons. The molecule has 1 aliphatic rings. The molecule has 2 rings (SSSR count). The van der Waals surface area contributed by atoms with Crippen LogP contribution in [0.1, 0.15) is 38.7 Å². The van der Waals surface area contributed by atoms with Crippen molar-refractivity contribution in [1.29, 1.82) is 0 Å². The van der Waals surface area contributed by atoms with Crippen LogP contribution in [-0.2, 0) is 11.2 Å². The van der Waals surface area contributed by atoms with Crippen molar-refractivity contribution in [1.82, 2.24) is 4.90 Å². The first-order valence-electron chi connectivity index (χ1n) is 7.82. The maximum atomic E-state index is 12.1. The molecule has 1 aromatic carbocycles. The van der Waals surface area contributed by atoms with Gasteiger partial charge in [-0.15, -0.1) is 0 Å². The van der Waals surface area contributed by atoms with E-state index in [0.29, 0.717) is 6.54 Å². The average Bonchev–Trinajstić information content (AvgIpc) is 2.61. The van der Waals surface area contributed by atoms with E-state index in [1.807, 2.05) is 31.2 Å². The second-order valence-corrected chi connectivity index (χ2v) is 6.23. The van der Waals surface area contributed by atoms with Gasteiger partial charge in [-0.05, 0) is 56.8 Å². The van der Waals surface area contributed by atoms with Crippen molar-refractivity contribution in [2.45, 2.75) is 45.1 Å².